The molecule has 0 aliphatic rings. The molecular weight excluding hydrogens is 528 g/mol. The van der Waals surface area contributed by atoms with Crippen molar-refractivity contribution in [2.45, 2.75) is 45.7 Å². The summed E-state index contributed by atoms with van der Waals surface area (Å²) < 4.78 is 7.57. The summed E-state index contributed by atoms with van der Waals surface area (Å²) in [4.78, 5) is 69.6. The highest BCUT2D eigenvalue weighted by atomic mass is 16.6. The van der Waals surface area contributed by atoms with E-state index < -0.39 is 17.5 Å². The van der Waals surface area contributed by atoms with Crippen LogP contribution in [0.5, 0.6) is 0 Å². The highest BCUT2D eigenvalue weighted by Gasteiger charge is 2.15. The second-order valence-electron chi connectivity index (χ2n) is 9.72. The number of carbonyl (C=O) groups excluding carboxylic acids is 1. The first-order chi connectivity index (χ1) is 19.9. The van der Waals surface area contributed by atoms with Crippen LogP contribution in [-0.4, -0.2) is 62.9 Å². The number of aromatic amines is 2. The molecule has 0 saturated heterocycles. The van der Waals surface area contributed by atoms with Gasteiger partial charge in [0.05, 0.1) is 28.4 Å². The number of H-pyrrole nitrogens is 2. The van der Waals surface area contributed by atoms with E-state index in [9.17, 15) is 24.0 Å². The zero-order chi connectivity index (χ0) is 29.2. The van der Waals surface area contributed by atoms with Gasteiger partial charge in [0.15, 0.2) is 0 Å². The summed E-state index contributed by atoms with van der Waals surface area (Å²) in [5, 5.41) is 4.24. The number of amides is 1. The third-order valence-corrected chi connectivity index (χ3v) is 6.88. The van der Waals surface area contributed by atoms with Gasteiger partial charge in [-0.2, -0.15) is 0 Å². The van der Waals surface area contributed by atoms with Gasteiger partial charge in [-0.15, -0.1) is 0 Å². The summed E-state index contributed by atoms with van der Waals surface area (Å²) in [5.41, 5.74) is -0.506. The number of nitrogens with one attached hydrogen (secondary N) is 3. The summed E-state index contributed by atoms with van der Waals surface area (Å²) in [7, 11) is 0. The zero-order valence-corrected chi connectivity index (χ0v) is 23.2. The van der Waals surface area contributed by atoms with Crippen LogP contribution >= 0.6 is 0 Å². The van der Waals surface area contributed by atoms with Crippen LogP contribution in [0, 0.1) is 0 Å². The van der Waals surface area contributed by atoms with Crippen LogP contribution < -0.4 is 27.8 Å². The highest BCUT2D eigenvalue weighted by molar-refractivity contribution is 5.77. The molecule has 4 aromatic rings. The van der Waals surface area contributed by atoms with Crippen molar-refractivity contribution in [1.29, 1.82) is 0 Å². The Morgan fingerprint density at radius 2 is 1.27 bits per heavy atom. The Bertz CT molecular complexity index is 1720. The number of rotatable bonds is 14. The zero-order valence-electron chi connectivity index (χ0n) is 23.2. The number of hydrogen-bond donors (Lipinski definition) is 3. The van der Waals surface area contributed by atoms with Gasteiger partial charge in [0.2, 0.25) is 0 Å². The summed E-state index contributed by atoms with van der Waals surface area (Å²) in [5.74, 6) is 0. The molecule has 12 heteroatoms. The van der Waals surface area contributed by atoms with Crippen LogP contribution in [0.1, 0.15) is 32.6 Å². The number of carbonyl (C=O) groups is 1. The van der Waals surface area contributed by atoms with E-state index in [-0.39, 0.29) is 24.3 Å². The van der Waals surface area contributed by atoms with Crippen molar-refractivity contribution in [2.75, 3.05) is 32.8 Å². The Morgan fingerprint density at radius 3 is 1.85 bits per heavy atom. The summed E-state index contributed by atoms with van der Waals surface area (Å²) in [6.45, 7) is 4.66. The van der Waals surface area contributed by atoms with Crippen LogP contribution in [0.3, 0.4) is 0 Å². The fraction of sp³-hybridized carbons (Fsp3) is 0.414. The number of fused-ring (bicyclic) bond motifs is 2. The molecule has 2 aromatic heterocycles. The van der Waals surface area contributed by atoms with E-state index in [1.165, 1.54) is 4.57 Å². The number of unbranched alkanes of at least 4 members (excludes halogenated alkanes) is 1. The molecule has 0 fully saturated rings. The molecule has 1 amide bonds. The Kier molecular flexibility index (Phi) is 10.3. The van der Waals surface area contributed by atoms with Gasteiger partial charge in [0.1, 0.15) is 0 Å². The third-order valence-electron chi connectivity index (χ3n) is 6.88. The van der Waals surface area contributed by atoms with Gasteiger partial charge in [-0.1, -0.05) is 24.3 Å². The second-order valence-corrected chi connectivity index (χ2v) is 9.72. The minimum Gasteiger partial charge on any atom is -0.450 e. The summed E-state index contributed by atoms with van der Waals surface area (Å²) in [6.07, 6.45) is 2.14. The molecule has 41 heavy (non-hydrogen) atoms. The highest BCUT2D eigenvalue weighted by Crippen LogP contribution is 2.05. The van der Waals surface area contributed by atoms with E-state index in [4.69, 9.17) is 4.74 Å². The van der Waals surface area contributed by atoms with Gasteiger partial charge in [-0.3, -0.25) is 18.7 Å². The maximum atomic E-state index is 12.7. The van der Waals surface area contributed by atoms with E-state index in [1.807, 2.05) is 0 Å². The predicted molar refractivity (Wildman–Crippen MR) is 158 cm³/mol. The molecule has 0 unspecified atom stereocenters. The van der Waals surface area contributed by atoms with Crippen LogP contribution in [0.15, 0.2) is 67.7 Å². The number of ether oxygens (including phenoxy) is 1. The molecule has 0 bridgehead atoms. The average Bonchev–Trinajstić information content (AvgIpc) is 2.96. The number of hydrogen-bond acceptors (Lipinski definition) is 7. The van der Waals surface area contributed by atoms with Crippen molar-refractivity contribution in [2.24, 2.45) is 0 Å². The van der Waals surface area contributed by atoms with Crippen LogP contribution in [0.2, 0.25) is 0 Å². The minimum atomic E-state index is -0.474. The second kappa shape index (κ2) is 14.3. The monoisotopic (exact) mass is 564 g/mol. The normalized spacial score (nSPS) is 11.2. The van der Waals surface area contributed by atoms with Crippen molar-refractivity contribution in [1.82, 2.24) is 29.3 Å². The molecule has 4 rings (SSSR count). The lowest BCUT2D eigenvalue weighted by Crippen LogP contribution is -2.38. The molecule has 3 N–H and O–H groups in total. The van der Waals surface area contributed by atoms with E-state index in [2.05, 4.69) is 15.3 Å². The number of nitrogens with zero attached hydrogens (tertiary/aromatic N) is 3. The molecule has 0 saturated carbocycles. The number of para-hydroxylation sites is 2. The molecule has 0 spiro atoms. The largest absolute Gasteiger partial charge is 0.450 e. The van der Waals surface area contributed by atoms with Crippen LogP contribution in [0.4, 0.5) is 4.79 Å². The van der Waals surface area contributed by atoms with Crippen LogP contribution in [-0.2, 0) is 17.8 Å². The van der Waals surface area contributed by atoms with E-state index in [1.54, 1.807) is 60.4 Å². The quantitative estimate of drug-likeness (QED) is 0.198. The fourth-order valence-corrected chi connectivity index (χ4v) is 4.77. The maximum Gasteiger partial charge on any atom is 0.409 e. The maximum absolute atomic E-state index is 12.7. The van der Waals surface area contributed by atoms with Crippen molar-refractivity contribution in [3.63, 3.8) is 0 Å². The molecule has 0 atom stereocenters. The molecule has 2 aromatic carbocycles. The molecule has 218 valence electrons. The summed E-state index contributed by atoms with van der Waals surface area (Å²) in [6, 6.07) is 13.8. The first-order valence-electron chi connectivity index (χ1n) is 14.0. The van der Waals surface area contributed by atoms with Gasteiger partial charge in [0.25, 0.3) is 11.1 Å². The lowest BCUT2D eigenvalue weighted by atomic mass is 10.2. The first-order valence-corrected chi connectivity index (χ1v) is 14.0. The van der Waals surface area contributed by atoms with Crippen molar-refractivity contribution >= 4 is 27.9 Å². The molecule has 0 aliphatic heterocycles. The topological polar surface area (TPSA) is 151 Å². The van der Waals surface area contributed by atoms with Crippen molar-refractivity contribution in [3.8, 4) is 0 Å². The van der Waals surface area contributed by atoms with E-state index in [0.29, 0.717) is 67.4 Å². The molecular formula is C29H36N6O6. The first kappa shape index (κ1) is 29.5. The predicted octanol–water partition coefficient (Wildman–Crippen LogP) is 2.00. The third kappa shape index (κ3) is 7.40. The van der Waals surface area contributed by atoms with Gasteiger partial charge in [-0.25, -0.2) is 14.4 Å². The lowest BCUT2D eigenvalue weighted by Gasteiger charge is -2.22. The van der Waals surface area contributed by atoms with Crippen LogP contribution in [0.25, 0.3) is 21.8 Å². The van der Waals surface area contributed by atoms with Crippen molar-refractivity contribution in [3.05, 3.63) is 90.2 Å². The molecule has 0 radical (unpaired) electrons. The molecule has 12 nitrogen and oxygen atoms in total. The smallest absolute Gasteiger partial charge is 0.409 e. The summed E-state index contributed by atoms with van der Waals surface area (Å²) >= 11 is 0. The average molecular weight is 565 g/mol. The van der Waals surface area contributed by atoms with E-state index in [0.717, 1.165) is 17.4 Å². The van der Waals surface area contributed by atoms with Crippen molar-refractivity contribution < 1.29 is 9.53 Å². The standard InChI is InChI=1S/C29H36N6O6/c1-2-41-29(40)33(18-10-20-35-26(37)22-12-4-6-14-24(22)32-28(35)39)17-8-7-15-30-16-9-19-34-25(36)21-11-3-5-13-23(21)31-27(34)38/h3-6,11-14,30H,2,7-10,15-20H2,1H3,(H,31,38)(H,32,39). The lowest BCUT2D eigenvalue weighted by molar-refractivity contribution is 0.105. The van der Waals surface area contributed by atoms with Gasteiger partial charge in [-0.05, 0) is 70.0 Å². The van der Waals surface area contributed by atoms with Gasteiger partial charge < -0.3 is 24.9 Å². The van der Waals surface area contributed by atoms with E-state index >= 15 is 0 Å². The Labute approximate surface area is 235 Å². The minimum absolute atomic E-state index is 0.180. The molecule has 2 heterocycles. The van der Waals surface area contributed by atoms with Gasteiger partial charge >= 0.3 is 17.5 Å². The number of benzene rings is 2. The number of aromatic nitrogens is 4. The Balaban J connectivity index is 1.20. The fourth-order valence-electron chi connectivity index (χ4n) is 4.77. The Hall–Kier alpha value is -4.45. The SMILES string of the molecule is CCOC(=O)N(CCCCNCCCn1c(=O)[nH]c2ccccc2c1=O)CCCn1c(=O)[nH]c2ccccc2c1=O. The Morgan fingerprint density at radius 1 is 0.756 bits per heavy atom. The van der Waals surface area contributed by atoms with Gasteiger partial charge in [0, 0.05) is 26.2 Å². The molecule has 0 aliphatic carbocycles.